The van der Waals surface area contributed by atoms with Crippen LogP contribution < -0.4 is 5.73 Å². The van der Waals surface area contributed by atoms with Gasteiger partial charge < -0.3 is 5.73 Å². The highest BCUT2D eigenvalue weighted by Crippen LogP contribution is 2.30. The summed E-state index contributed by atoms with van der Waals surface area (Å²) in [6, 6.07) is 10.7. The molecular formula is C16H11F3N4O. The van der Waals surface area contributed by atoms with E-state index in [0.29, 0.717) is 16.9 Å². The number of nitrogens with two attached hydrogens (primary N) is 1. The van der Waals surface area contributed by atoms with Crippen molar-refractivity contribution >= 4 is 29.6 Å². The summed E-state index contributed by atoms with van der Waals surface area (Å²) in [4.78, 5) is 21.4. The van der Waals surface area contributed by atoms with Crippen LogP contribution >= 0.6 is 0 Å². The maximum absolute atomic E-state index is 12.4. The monoisotopic (exact) mass is 332 g/mol. The lowest BCUT2D eigenvalue weighted by Crippen LogP contribution is -2.12. The smallest absolute Gasteiger partial charge is 0.383 e. The molecule has 0 unspecified atom stereocenters. The zero-order valence-electron chi connectivity index (χ0n) is 12.2. The lowest BCUT2D eigenvalue weighted by atomic mass is 10.2. The van der Waals surface area contributed by atoms with Crippen LogP contribution in [0.15, 0.2) is 63.5 Å². The molecule has 0 aromatic heterocycles. The third-order valence-corrected chi connectivity index (χ3v) is 2.94. The van der Waals surface area contributed by atoms with Gasteiger partial charge in [0.1, 0.15) is 12.2 Å². The Morgan fingerprint density at radius 2 is 1.58 bits per heavy atom. The van der Waals surface area contributed by atoms with Crippen LogP contribution in [0.5, 0.6) is 0 Å². The Morgan fingerprint density at radius 1 is 1.00 bits per heavy atom. The molecule has 2 rings (SSSR count). The van der Waals surface area contributed by atoms with Gasteiger partial charge in [0.25, 0.3) is 0 Å². The molecule has 2 aromatic rings. The Balaban J connectivity index is 2.08. The minimum atomic E-state index is -4.38. The number of isocyanates is 1. The van der Waals surface area contributed by atoms with Crippen molar-refractivity contribution in [3.05, 3.63) is 59.7 Å². The average Bonchev–Trinajstić information content (AvgIpc) is 2.55. The van der Waals surface area contributed by atoms with Crippen LogP contribution in [0.25, 0.3) is 0 Å². The van der Waals surface area contributed by atoms with Crippen molar-refractivity contribution in [1.29, 1.82) is 0 Å². The number of benzene rings is 2. The number of nitrogens with zero attached hydrogens (tertiary/aromatic N) is 3. The molecule has 0 radical (unpaired) electrons. The molecule has 0 fully saturated rings. The van der Waals surface area contributed by atoms with Crippen molar-refractivity contribution in [2.24, 2.45) is 20.7 Å². The Hall–Kier alpha value is -3.25. The van der Waals surface area contributed by atoms with Crippen LogP contribution in [0.3, 0.4) is 0 Å². The van der Waals surface area contributed by atoms with Gasteiger partial charge in [-0.2, -0.15) is 18.2 Å². The molecule has 0 saturated carbocycles. The zero-order chi connectivity index (χ0) is 17.6. The maximum atomic E-state index is 12.4. The van der Waals surface area contributed by atoms with Gasteiger partial charge in [0.15, 0.2) is 0 Å². The molecule has 122 valence electrons. The van der Waals surface area contributed by atoms with Gasteiger partial charge >= 0.3 is 6.18 Å². The first-order valence-corrected chi connectivity index (χ1v) is 6.61. The number of halogens is 3. The second kappa shape index (κ2) is 7.34. The first-order valence-electron chi connectivity index (χ1n) is 6.61. The minimum absolute atomic E-state index is 0.160. The summed E-state index contributed by atoms with van der Waals surface area (Å²) in [5.74, 6) is 0.160. The SMILES string of the molecule is NC(=NC=Nc1ccc(C(F)(F)F)cc1)c1ccc(N=C=O)cc1. The van der Waals surface area contributed by atoms with Gasteiger partial charge in [-0.25, -0.2) is 14.8 Å². The predicted octanol–water partition coefficient (Wildman–Crippen LogP) is 3.74. The van der Waals surface area contributed by atoms with Crippen LogP contribution in [0.4, 0.5) is 24.5 Å². The molecule has 0 bridgehead atoms. The van der Waals surface area contributed by atoms with Gasteiger partial charge in [-0.15, -0.1) is 0 Å². The van der Waals surface area contributed by atoms with E-state index in [-0.39, 0.29) is 5.84 Å². The molecular weight excluding hydrogens is 321 g/mol. The van der Waals surface area contributed by atoms with Crippen molar-refractivity contribution in [1.82, 2.24) is 0 Å². The first-order chi connectivity index (χ1) is 11.4. The van der Waals surface area contributed by atoms with Gasteiger partial charge in [0, 0.05) is 5.56 Å². The predicted molar refractivity (Wildman–Crippen MR) is 84.5 cm³/mol. The Labute approximate surface area is 135 Å². The highest BCUT2D eigenvalue weighted by Gasteiger charge is 2.29. The van der Waals surface area contributed by atoms with Gasteiger partial charge in [-0.3, -0.25) is 0 Å². The number of amidine groups is 1. The molecule has 8 heteroatoms. The Kier molecular flexibility index (Phi) is 5.23. The van der Waals surface area contributed by atoms with Crippen molar-refractivity contribution in [3.63, 3.8) is 0 Å². The number of carbonyl (C=O) groups excluding carboxylic acids is 1. The molecule has 2 aromatic carbocycles. The third kappa shape index (κ3) is 4.62. The summed E-state index contributed by atoms with van der Waals surface area (Å²) in [6.45, 7) is 0. The molecule has 0 saturated heterocycles. The second-order valence-corrected chi connectivity index (χ2v) is 4.55. The fraction of sp³-hybridized carbons (Fsp3) is 0.0625. The van der Waals surface area contributed by atoms with Crippen molar-refractivity contribution < 1.29 is 18.0 Å². The van der Waals surface area contributed by atoms with Gasteiger partial charge in [0.05, 0.1) is 16.9 Å². The summed E-state index contributed by atoms with van der Waals surface area (Å²) in [5.41, 5.74) is 6.35. The van der Waals surface area contributed by atoms with E-state index in [1.165, 1.54) is 18.2 Å². The average molecular weight is 332 g/mol. The van der Waals surface area contributed by atoms with E-state index in [2.05, 4.69) is 15.0 Å². The number of alkyl halides is 3. The van der Waals surface area contributed by atoms with E-state index in [4.69, 9.17) is 5.73 Å². The first kappa shape index (κ1) is 17.1. The molecule has 5 nitrogen and oxygen atoms in total. The summed E-state index contributed by atoms with van der Waals surface area (Å²) in [5, 5.41) is 0. The molecule has 0 aliphatic carbocycles. The number of hydrogen-bond acceptors (Lipinski definition) is 3. The quantitative estimate of drug-likeness (QED) is 0.526. The van der Waals surface area contributed by atoms with Crippen LogP contribution in [-0.2, 0) is 11.0 Å². The zero-order valence-corrected chi connectivity index (χ0v) is 12.2. The largest absolute Gasteiger partial charge is 0.416 e. The van der Waals surface area contributed by atoms with Crippen LogP contribution in [0.1, 0.15) is 11.1 Å². The molecule has 24 heavy (non-hydrogen) atoms. The van der Waals surface area contributed by atoms with Crippen LogP contribution in [-0.4, -0.2) is 18.3 Å². The second-order valence-electron chi connectivity index (χ2n) is 4.55. The van der Waals surface area contributed by atoms with Gasteiger partial charge in [0.2, 0.25) is 6.08 Å². The highest BCUT2D eigenvalue weighted by atomic mass is 19.4. The topological polar surface area (TPSA) is 80.2 Å². The minimum Gasteiger partial charge on any atom is -0.383 e. The van der Waals surface area contributed by atoms with Crippen LogP contribution in [0, 0.1) is 0 Å². The normalized spacial score (nSPS) is 12.2. The summed E-state index contributed by atoms with van der Waals surface area (Å²) in [7, 11) is 0. The van der Waals surface area contributed by atoms with Crippen molar-refractivity contribution in [2.75, 3.05) is 0 Å². The molecule has 0 heterocycles. The standard InChI is InChI=1S/C16H11F3N4O/c17-16(18,19)12-3-7-13(8-4-12)21-9-22-15(20)11-1-5-14(6-2-11)23-10-24/h1-9H,(H2,20,21,22). The van der Waals surface area contributed by atoms with E-state index in [9.17, 15) is 18.0 Å². The maximum Gasteiger partial charge on any atom is 0.416 e. The molecule has 0 aliphatic rings. The fourth-order valence-corrected chi connectivity index (χ4v) is 1.73. The Morgan fingerprint density at radius 3 is 2.12 bits per heavy atom. The molecule has 0 atom stereocenters. The van der Waals surface area contributed by atoms with E-state index in [1.807, 2.05) is 0 Å². The van der Waals surface area contributed by atoms with E-state index >= 15 is 0 Å². The summed E-state index contributed by atoms with van der Waals surface area (Å²) in [6.07, 6.45) is -1.82. The summed E-state index contributed by atoms with van der Waals surface area (Å²) >= 11 is 0. The lowest BCUT2D eigenvalue weighted by Gasteiger charge is -2.05. The van der Waals surface area contributed by atoms with Gasteiger partial charge in [-0.1, -0.05) is 0 Å². The number of rotatable bonds is 4. The van der Waals surface area contributed by atoms with E-state index < -0.39 is 11.7 Å². The Bertz CT molecular complexity index is 803. The number of hydrogen-bond donors (Lipinski definition) is 1. The van der Waals surface area contributed by atoms with Crippen LogP contribution in [0.2, 0.25) is 0 Å². The summed E-state index contributed by atoms with van der Waals surface area (Å²) < 4.78 is 37.3. The third-order valence-electron chi connectivity index (χ3n) is 2.94. The number of aliphatic imine (C=N–C) groups is 3. The molecule has 0 spiro atoms. The van der Waals surface area contributed by atoms with Gasteiger partial charge in [-0.05, 0) is 48.5 Å². The highest BCUT2D eigenvalue weighted by molar-refractivity contribution is 6.01. The van der Waals surface area contributed by atoms with E-state index in [0.717, 1.165) is 18.5 Å². The van der Waals surface area contributed by atoms with E-state index in [1.54, 1.807) is 24.3 Å². The lowest BCUT2D eigenvalue weighted by molar-refractivity contribution is -0.137. The fourth-order valence-electron chi connectivity index (χ4n) is 1.73. The van der Waals surface area contributed by atoms with Crippen molar-refractivity contribution in [2.45, 2.75) is 6.18 Å². The molecule has 0 aliphatic heterocycles. The molecule has 2 N–H and O–H groups in total. The molecule has 0 amide bonds. The van der Waals surface area contributed by atoms with Crippen molar-refractivity contribution in [3.8, 4) is 0 Å².